The van der Waals surface area contributed by atoms with Gasteiger partial charge in [-0.15, -0.1) is 0 Å². The Morgan fingerprint density at radius 1 is 0.973 bits per heavy atom. The lowest BCUT2D eigenvalue weighted by atomic mass is 10.2. The van der Waals surface area contributed by atoms with Gasteiger partial charge in [-0.3, -0.25) is 4.79 Å². The van der Waals surface area contributed by atoms with E-state index in [1.807, 2.05) is 0 Å². The van der Waals surface area contributed by atoms with Crippen molar-refractivity contribution < 1.29 is 39.5 Å². The highest BCUT2D eigenvalue weighted by Crippen LogP contribution is 2.37. The van der Waals surface area contributed by atoms with Gasteiger partial charge in [-0.05, 0) is 49.6 Å². The fourth-order valence-corrected chi connectivity index (χ4v) is 7.98. The molecular weight excluding hydrogens is 535 g/mol. The summed E-state index contributed by atoms with van der Waals surface area (Å²) < 4.78 is 100. The third-order valence-electron chi connectivity index (χ3n) is 6.33. The number of halogens is 3. The Labute approximate surface area is 213 Å². The van der Waals surface area contributed by atoms with Gasteiger partial charge in [-0.1, -0.05) is 18.2 Å². The van der Waals surface area contributed by atoms with Crippen molar-refractivity contribution >= 4 is 31.6 Å². The zero-order valence-electron chi connectivity index (χ0n) is 19.9. The minimum Gasteiger partial charge on any atom is -0.379 e. The van der Waals surface area contributed by atoms with Crippen molar-refractivity contribution in [3.05, 3.63) is 53.6 Å². The number of benzene rings is 2. The zero-order valence-corrected chi connectivity index (χ0v) is 21.5. The van der Waals surface area contributed by atoms with Gasteiger partial charge in [0.15, 0.2) is 0 Å². The number of nitrogens with one attached hydrogen (secondary N) is 1. The van der Waals surface area contributed by atoms with Crippen LogP contribution in [0.1, 0.15) is 24.0 Å². The summed E-state index contributed by atoms with van der Waals surface area (Å²) in [5.41, 5.74) is -0.724. The number of alkyl halides is 3. The molecule has 0 aromatic heterocycles. The van der Waals surface area contributed by atoms with Crippen molar-refractivity contribution in [3.8, 4) is 0 Å². The Hall–Kier alpha value is -2.52. The molecule has 2 heterocycles. The molecule has 1 N–H and O–H groups in total. The summed E-state index contributed by atoms with van der Waals surface area (Å²) in [5.74, 6) is -0.760. The van der Waals surface area contributed by atoms with Gasteiger partial charge in [-0.2, -0.15) is 21.8 Å². The molecule has 0 bridgehead atoms. The molecule has 14 heteroatoms. The number of hydrogen-bond donors (Lipinski definition) is 1. The second-order valence-electron chi connectivity index (χ2n) is 8.75. The minimum absolute atomic E-state index is 0.0118. The number of hydrogen-bond acceptors (Lipinski definition) is 6. The second-order valence-corrected chi connectivity index (χ2v) is 12.5. The quantitative estimate of drug-likeness (QED) is 0.581. The summed E-state index contributed by atoms with van der Waals surface area (Å²) in [4.78, 5) is 12.2. The van der Waals surface area contributed by atoms with Gasteiger partial charge in [0.1, 0.15) is 6.04 Å². The first kappa shape index (κ1) is 27.5. The van der Waals surface area contributed by atoms with Crippen LogP contribution in [0.15, 0.2) is 52.3 Å². The summed E-state index contributed by atoms with van der Waals surface area (Å²) in [6, 6.07) is 6.88. The Kier molecular flexibility index (Phi) is 7.68. The van der Waals surface area contributed by atoms with Crippen LogP contribution in [0, 0.1) is 6.92 Å². The molecule has 0 radical (unpaired) electrons. The highest BCUT2D eigenvalue weighted by atomic mass is 32.2. The van der Waals surface area contributed by atoms with Crippen LogP contribution in [-0.2, 0) is 35.8 Å². The van der Waals surface area contributed by atoms with Crippen LogP contribution in [0.3, 0.4) is 0 Å². The normalized spacial score (nSPS) is 20.2. The average Bonchev–Trinajstić information content (AvgIpc) is 3.36. The van der Waals surface area contributed by atoms with E-state index in [4.69, 9.17) is 4.74 Å². The van der Waals surface area contributed by atoms with Crippen LogP contribution in [-0.4, -0.2) is 70.2 Å². The number of rotatable bonds is 6. The Morgan fingerprint density at radius 2 is 1.65 bits per heavy atom. The number of sulfonamides is 2. The zero-order chi connectivity index (χ0) is 27.0. The molecule has 2 aromatic carbocycles. The van der Waals surface area contributed by atoms with Gasteiger partial charge in [0.2, 0.25) is 26.0 Å². The van der Waals surface area contributed by atoms with E-state index in [9.17, 15) is 34.8 Å². The van der Waals surface area contributed by atoms with E-state index in [0.29, 0.717) is 11.6 Å². The maximum atomic E-state index is 13.5. The average molecular weight is 562 g/mol. The maximum Gasteiger partial charge on any atom is 0.417 e. The molecule has 1 atom stereocenters. The van der Waals surface area contributed by atoms with Crippen molar-refractivity contribution in [2.24, 2.45) is 0 Å². The first-order chi connectivity index (χ1) is 17.3. The summed E-state index contributed by atoms with van der Waals surface area (Å²) in [6.07, 6.45) is -4.52. The molecule has 0 saturated carbocycles. The third kappa shape index (κ3) is 5.53. The van der Waals surface area contributed by atoms with E-state index < -0.39 is 48.6 Å². The lowest BCUT2D eigenvalue weighted by molar-refractivity contribution is -0.139. The molecule has 2 saturated heterocycles. The molecule has 37 heavy (non-hydrogen) atoms. The second kappa shape index (κ2) is 10.3. The summed E-state index contributed by atoms with van der Waals surface area (Å²) in [7, 11) is -8.52. The third-order valence-corrected chi connectivity index (χ3v) is 10.3. The van der Waals surface area contributed by atoms with E-state index in [-0.39, 0.29) is 56.3 Å². The van der Waals surface area contributed by atoms with E-state index in [1.54, 1.807) is 6.92 Å². The molecule has 2 aliphatic rings. The molecule has 2 aromatic rings. The molecule has 2 aliphatic heterocycles. The van der Waals surface area contributed by atoms with E-state index in [1.165, 1.54) is 28.6 Å². The molecular formula is C23H26F3N3O6S2. The van der Waals surface area contributed by atoms with Gasteiger partial charge < -0.3 is 10.1 Å². The van der Waals surface area contributed by atoms with E-state index in [2.05, 4.69) is 5.32 Å². The summed E-state index contributed by atoms with van der Waals surface area (Å²) in [5, 5.41) is 2.55. The number of carbonyl (C=O) groups excluding carboxylic acids is 1. The lowest BCUT2D eigenvalue weighted by Gasteiger charge is -2.27. The molecule has 0 aliphatic carbocycles. The number of morpholine rings is 1. The smallest absolute Gasteiger partial charge is 0.379 e. The number of ether oxygens (including phenoxy) is 1. The Balaban J connectivity index is 1.59. The molecule has 1 amide bonds. The summed E-state index contributed by atoms with van der Waals surface area (Å²) >= 11 is 0. The fraction of sp³-hybridized carbons (Fsp3) is 0.435. The van der Waals surface area contributed by atoms with Crippen LogP contribution < -0.4 is 5.32 Å². The van der Waals surface area contributed by atoms with Crippen molar-refractivity contribution in [1.82, 2.24) is 8.61 Å². The maximum absolute atomic E-state index is 13.5. The van der Waals surface area contributed by atoms with Crippen molar-refractivity contribution in [1.29, 1.82) is 0 Å². The van der Waals surface area contributed by atoms with Gasteiger partial charge in [0.25, 0.3) is 0 Å². The van der Waals surface area contributed by atoms with Crippen molar-refractivity contribution in [2.75, 3.05) is 38.2 Å². The van der Waals surface area contributed by atoms with E-state index in [0.717, 1.165) is 16.4 Å². The van der Waals surface area contributed by atoms with Crippen molar-refractivity contribution in [2.45, 2.75) is 41.8 Å². The van der Waals surface area contributed by atoms with Gasteiger partial charge in [-0.25, -0.2) is 16.8 Å². The predicted molar refractivity (Wildman–Crippen MR) is 128 cm³/mol. The number of nitrogens with zero attached hydrogens (tertiary/aromatic N) is 2. The molecule has 2 fully saturated rings. The topological polar surface area (TPSA) is 113 Å². The standard InChI is InChI=1S/C23H26F3N3O6S2/c1-16-8-9-17(15-21(16)36(31,32)28-11-13-35-14-12-28)27-22(30)19-6-4-10-29(19)37(33,34)20-7-3-2-5-18(20)23(24,25)26/h2-3,5,7-9,15,19H,4,6,10-14H2,1H3,(H,27,30)/t19-/m0/s1. The van der Waals surface area contributed by atoms with Crippen LogP contribution in [0.2, 0.25) is 0 Å². The highest BCUT2D eigenvalue weighted by molar-refractivity contribution is 7.89. The minimum atomic E-state index is -4.90. The largest absolute Gasteiger partial charge is 0.417 e. The van der Waals surface area contributed by atoms with Gasteiger partial charge >= 0.3 is 6.18 Å². The predicted octanol–water partition coefficient (Wildman–Crippen LogP) is 2.83. The molecule has 202 valence electrons. The monoisotopic (exact) mass is 561 g/mol. The Morgan fingerprint density at radius 3 is 2.32 bits per heavy atom. The molecule has 0 unspecified atom stereocenters. The Bertz CT molecular complexity index is 1390. The highest BCUT2D eigenvalue weighted by Gasteiger charge is 2.44. The molecule has 9 nitrogen and oxygen atoms in total. The van der Waals surface area contributed by atoms with Crippen LogP contribution in [0.4, 0.5) is 18.9 Å². The number of carbonyl (C=O) groups is 1. The number of anilines is 1. The lowest BCUT2D eigenvalue weighted by Crippen LogP contribution is -2.43. The number of aryl methyl sites for hydroxylation is 1. The SMILES string of the molecule is Cc1ccc(NC(=O)[C@@H]2CCCN2S(=O)(=O)c2ccccc2C(F)(F)F)cc1S(=O)(=O)N1CCOCC1. The van der Waals surface area contributed by atoms with Crippen LogP contribution in [0.5, 0.6) is 0 Å². The summed E-state index contributed by atoms with van der Waals surface area (Å²) in [6.45, 7) is 2.38. The molecule has 4 rings (SSSR count). The fourth-order valence-electron chi connectivity index (χ4n) is 4.45. The number of amides is 1. The van der Waals surface area contributed by atoms with Crippen LogP contribution >= 0.6 is 0 Å². The molecule has 0 spiro atoms. The van der Waals surface area contributed by atoms with Crippen molar-refractivity contribution in [3.63, 3.8) is 0 Å². The van der Waals surface area contributed by atoms with E-state index >= 15 is 0 Å². The van der Waals surface area contributed by atoms with Gasteiger partial charge in [0, 0.05) is 25.3 Å². The van der Waals surface area contributed by atoms with Gasteiger partial charge in [0.05, 0.1) is 28.6 Å². The first-order valence-corrected chi connectivity index (χ1v) is 14.4. The van der Waals surface area contributed by atoms with Crippen LogP contribution in [0.25, 0.3) is 0 Å². The first-order valence-electron chi connectivity index (χ1n) is 11.5.